The Balaban J connectivity index is 3.68. The molecule has 1 atom stereocenters. The fraction of sp³-hybridized carbons (Fsp3) is 0.667. The molecule has 64 valence electrons. The summed E-state index contributed by atoms with van der Waals surface area (Å²) in [5.74, 6) is 0.277. The van der Waals surface area contributed by atoms with Crippen LogP contribution in [0.15, 0.2) is 12.2 Å². The molecule has 2 nitrogen and oxygen atoms in total. The average molecular weight is 156 g/mol. The summed E-state index contributed by atoms with van der Waals surface area (Å²) in [5.41, 5.74) is 0. The molecule has 0 aromatic carbocycles. The van der Waals surface area contributed by atoms with Gasteiger partial charge in [0.25, 0.3) is 0 Å². The largest absolute Gasteiger partial charge is 0.459 e. The number of ether oxygens (including phenoxy) is 1. The standard InChI is InChI=1S/C9H16O2/c1-7(2)5-6-8(3)11-9(4)10/h5-8H,1-4H3/b6-5+/t8-/m0/s1. The third-order valence-corrected chi connectivity index (χ3v) is 1.12. The fourth-order valence-corrected chi connectivity index (χ4v) is 0.680. The Bertz CT molecular complexity index is 148. The normalized spacial score (nSPS) is 13.9. The van der Waals surface area contributed by atoms with E-state index in [9.17, 15) is 4.79 Å². The summed E-state index contributed by atoms with van der Waals surface area (Å²) in [4.78, 5) is 10.4. The number of allylic oxidation sites excluding steroid dienone is 1. The molecule has 0 aromatic rings. The minimum absolute atomic E-state index is 0.102. The molecule has 0 bridgehead atoms. The summed E-state index contributed by atoms with van der Waals surface area (Å²) in [7, 11) is 0. The molecule has 0 spiro atoms. The third kappa shape index (κ3) is 7.10. The van der Waals surface area contributed by atoms with E-state index in [1.165, 1.54) is 6.92 Å². The van der Waals surface area contributed by atoms with Gasteiger partial charge in [-0.25, -0.2) is 0 Å². The molecule has 0 saturated heterocycles. The second-order valence-electron chi connectivity index (χ2n) is 2.94. The van der Waals surface area contributed by atoms with E-state index < -0.39 is 0 Å². The molecule has 0 aliphatic carbocycles. The smallest absolute Gasteiger partial charge is 0.303 e. The van der Waals surface area contributed by atoms with Gasteiger partial charge in [-0.3, -0.25) is 4.79 Å². The van der Waals surface area contributed by atoms with Crippen molar-refractivity contribution in [3.63, 3.8) is 0 Å². The van der Waals surface area contributed by atoms with E-state index in [0.29, 0.717) is 5.92 Å². The van der Waals surface area contributed by atoms with Crippen LogP contribution in [-0.4, -0.2) is 12.1 Å². The van der Waals surface area contributed by atoms with Crippen LogP contribution in [0.5, 0.6) is 0 Å². The van der Waals surface area contributed by atoms with Gasteiger partial charge in [-0.05, 0) is 18.9 Å². The summed E-state index contributed by atoms with van der Waals surface area (Å²) in [5, 5.41) is 0. The predicted octanol–water partition coefficient (Wildman–Crippen LogP) is 2.15. The average Bonchev–Trinajstić information content (AvgIpc) is 1.82. The lowest BCUT2D eigenvalue weighted by Crippen LogP contribution is -2.08. The molecule has 0 rings (SSSR count). The monoisotopic (exact) mass is 156 g/mol. The molecular formula is C9H16O2. The van der Waals surface area contributed by atoms with Crippen molar-refractivity contribution in [3.8, 4) is 0 Å². The highest BCUT2D eigenvalue weighted by Gasteiger charge is 1.99. The molecule has 2 heteroatoms. The van der Waals surface area contributed by atoms with Crippen molar-refractivity contribution < 1.29 is 9.53 Å². The minimum Gasteiger partial charge on any atom is -0.459 e. The van der Waals surface area contributed by atoms with E-state index in [0.717, 1.165) is 0 Å². The molecule has 0 unspecified atom stereocenters. The Morgan fingerprint density at radius 1 is 1.27 bits per heavy atom. The second kappa shape index (κ2) is 4.94. The summed E-state index contributed by atoms with van der Waals surface area (Å²) in [6, 6.07) is 0. The first-order valence-electron chi connectivity index (χ1n) is 3.88. The van der Waals surface area contributed by atoms with Crippen molar-refractivity contribution in [1.29, 1.82) is 0 Å². The minimum atomic E-state index is -0.231. The predicted molar refractivity (Wildman–Crippen MR) is 45.2 cm³/mol. The van der Waals surface area contributed by atoms with Gasteiger partial charge in [0.1, 0.15) is 6.10 Å². The van der Waals surface area contributed by atoms with Crippen LogP contribution in [0.4, 0.5) is 0 Å². The van der Waals surface area contributed by atoms with Gasteiger partial charge < -0.3 is 4.74 Å². The number of rotatable bonds is 3. The Morgan fingerprint density at radius 3 is 2.18 bits per heavy atom. The fourth-order valence-electron chi connectivity index (χ4n) is 0.680. The van der Waals surface area contributed by atoms with Crippen molar-refractivity contribution in [3.05, 3.63) is 12.2 Å². The Hall–Kier alpha value is -0.790. The molecule has 0 radical (unpaired) electrons. The highest BCUT2D eigenvalue weighted by molar-refractivity contribution is 5.66. The molecule has 0 saturated carbocycles. The van der Waals surface area contributed by atoms with Gasteiger partial charge in [0.05, 0.1) is 0 Å². The first-order chi connectivity index (χ1) is 5.02. The van der Waals surface area contributed by atoms with Crippen LogP contribution < -0.4 is 0 Å². The lowest BCUT2D eigenvalue weighted by Gasteiger charge is -2.06. The molecule has 0 aliphatic rings. The van der Waals surface area contributed by atoms with Gasteiger partial charge in [-0.2, -0.15) is 0 Å². The van der Waals surface area contributed by atoms with Crippen LogP contribution in [0.25, 0.3) is 0 Å². The zero-order chi connectivity index (χ0) is 8.85. The van der Waals surface area contributed by atoms with Crippen LogP contribution in [-0.2, 0) is 9.53 Å². The number of hydrogen-bond acceptors (Lipinski definition) is 2. The number of carbonyl (C=O) groups is 1. The highest BCUT2D eigenvalue weighted by Crippen LogP contribution is 1.98. The van der Waals surface area contributed by atoms with E-state index in [1.54, 1.807) is 0 Å². The van der Waals surface area contributed by atoms with Gasteiger partial charge >= 0.3 is 5.97 Å². The number of hydrogen-bond donors (Lipinski definition) is 0. The van der Waals surface area contributed by atoms with E-state index in [-0.39, 0.29) is 12.1 Å². The van der Waals surface area contributed by atoms with Crippen molar-refractivity contribution >= 4 is 5.97 Å². The molecule has 11 heavy (non-hydrogen) atoms. The maximum absolute atomic E-state index is 10.4. The van der Waals surface area contributed by atoms with Crippen molar-refractivity contribution in [2.24, 2.45) is 5.92 Å². The molecule has 0 heterocycles. The van der Waals surface area contributed by atoms with Crippen molar-refractivity contribution in [2.75, 3.05) is 0 Å². The van der Waals surface area contributed by atoms with Crippen LogP contribution >= 0.6 is 0 Å². The molecule has 0 N–H and O–H groups in total. The topological polar surface area (TPSA) is 26.3 Å². The van der Waals surface area contributed by atoms with Gasteiger partial charge in [-0.15, -0.1) is 0 Å². The first kappa shape index (κ1) is 10.2. The Labute approximate surface area is 68.2 Å². The summed E-state index contributed by atoms with van der Waals surface area (Å²) >= 11 is 0. The maximum Gasteiger partial charge on any atom is 0.303 e. The van der Waals surface area contributed by atoms with Gasteiger partial charge in [0.15, 0.2) is 0 Å². The van der Waals surface area contributed by atoms with E-state index in [2.05, 4.69) is 13.8 Å². The molecule has 0 aromatic heterocycles. The lowest BCUT2D eigenvalue weighted by atomic mass is 10.2. The highest BCUT2D eigenvalue weighted by atomic mass is 16.5. The maximum atomic E-state index is 10.4. The van der Waals surface area contributed by atoms with Crippen molar-refractivity contribution in [1.82, 2.24) is 0 Å². The SMILES string of the molecule is CC(=O)O[C@@H](C)/C=C/C(C)C. The lowest BCUT2D eigenvalue weighted by molar-refractivity contribution is -0.143. The van der Waals surface area contributed by atoms with E-state index >= 15 is 0 Å². The Morgan fingerprint density at radius 2 is 1.82 bits per heavy atom. The van der Waals surface area contributed by atoms with Crippen LogP contribution in [0.2, 0.25) is 0 Å². The summed E-state index contributed by atoms with van der Waals surface area (Å²) < 4.78 is 4.87. The van der Waals surface area contributed by atoms with Crippen LogP contribution in [0.3, 0.4) is 0 Å². The number of esters is 1. The zero-order valence-electron chi connectivity index (χ0n) is 7.63. The van der Waals surface area contributed by atoms with Crippen LogP contribution in [0, 0.1) is 5.92 Å². The molecule has 0 fully saturated rings. The molecular weight excluding hydrogens is 140 g/mol. The van der Waals surface area contributed by atoms with Crippen molar-refractivity contribution in [2.45, 2.75) is 33.8 Å². The van der Waals surface area contributed by atoms with Crippen LogP contribution in [0.1, 0.15) is 27.7 Å². The summed E-state index contributed by atoms with van der Waals surface area (Å²) in [6.45, 7) is 7.42. The third-order valence-electron chi connectivity index (χ3n) is 1.12. The van der Waals surface area contributed by atoms with E-state index in [1.807, 2.05) is 19.1 Å². The van der Waals surface area contributed by atoms with Gasteiger partial charge in [-0.1, -0.05) is 19.9 Å². The van der Waals surface area contributed by atoms with Gasteiger partial charge in [0, 0.05) is 6.92 Å². The molecule has 0 aliphatic heterocycles. The van der Waals surface area contributed by atoms with E-state index in [4.69, 9.17) is 4.74 Å². The summed E-state index contributed by atoms with van der Waals surface area (Å²) in [6.07, 6.45) is 3.81. The number of carbonyl (C=O) groups excluding carboxylic acids is 1. The second-order valence-corrected chi connectivity index (χ2v) is 2.94. The first-order valence-corrected chi connectivity index (χ1v) is 3.88. The molecule has 0 amide bonds. The quantitative estimate of drug-likeness (QED) is 0.462. The Kier molecular flexibility index (Phi) is 4.59. The van der Waals surface area contributed by atoms with Gasteiger partial charge in [0.2, 0.25) is 0 Å². The zero-order valence-corrected chi connectivity index (χ0v) is 7.63.